The SMILES string of the molecule is C#C.C/C=C(C#N)\C=C/CC. The molecule has 0 atom stereocenters. The maximum Gasteiger partial charge on any atom is 0.0987 e. The molecular weight excluding hydrogens is 134 g/mol. The minimum absolute atomic E-state index is 0.733. The molecule has 0 aliphatic heterocycles. The lowest BCUT2D eigenvalue weighted by Crippen LogP contribution is -1.67. The molecule has 58 valence electrons. The first-order valence-electron chi connectivity index (χ1n) is 3.41. The highest BCUT2D eigenvalue weighted by Crippen LogP contribution is 1.94. The van der Waals surface area contributed by atoms with Gasteiger partial charge in [-0.25, -0.2) is 0 Å². The molecule has 0 fully saturated rings. The predicted octanol–water partition coefficient (Wildman–Crippen LogP) is 2.67. The van der Waals surface area contributed by atoms with Crippen molar-refractivity contribution in [3.63, 3.8) is 0 Å². The number of rotatable bonds is 2. The number of nitriles is 1. The normalized spacial score (nSPS) is 9.91. The molecule has 0 amide bonds. The number of allylic oxidation sites excluding steroid dienone is 4. The third-order valence-electron chi connectivity index (χ3n) is 0.973. The van der Waals surface area contributed by atoms with Gasteiger partial charge in [0.15, 0.2) is 0 Å². The standard InChI is InChI=1S/C8H11N.C2H2/c1-3-5-6-8(4-2)7-9;1-2/h4-6H,3H2,1-2H3;1-2H/b6-5-,8-4+;. The van der Waals surface area contributed by atoms with Crippen molar-refractivity contribution >= 4 is 0 Å². The monoisotopic (exact) mass is 147 g/mol. The van der Waals surface area contributed by atoms with Crippen molar-refractivity contribution in [3.8, 4) is 18.9 Å². The summed E-state index contributed by atoms with van der Waals surface area (Å²) in [6, 6.07) is 2.06. The van der Waals surface area contributed by atoms with Gasteiger partial charge in [-0.3, -0.25) is 0 Å². The van der Waals surface area contributed by atoms with Crippen LogP contribution in [-0.2, 0) is 0 Å². The van der Waals surface area contributed by atoms with Crippen molar-refractivity contribution in [1.82, 2.24) is 0 Å². The van der Waals surface area contributed by atoms with Gasteiger partial charge in [0.05, 0.1) is 6.07 Å². The van der Waals surface area contributed by atoms with E-state index in [1.54, 1.807) is 6.08 Å². The Morgan fingerprint density at radius 1 is 1.55 bits per heavy atom. The Hall–Kier alpha value is -1.47. The van der Waals surface area contributed by atoms with Crippen LogP contribution in [0.4, 0.5) is 0 Å². The third kappa shape index (κ3) is 8.53. The summed E-state index contributed by atoms with van der Waals surface area (Å²) in [6.07, 6.45) is 14.6. The van der Waals surface area contributed by atoms with Crippen LogP contribution in [0.1, 0.15) is 20.3 Å². The minimum Gasteiger partial charge on any atom is -0.192 e. The van der Waals surface area contributed by atoms with E-state index in [4.69, 9.17) is 5.26 Å². The van der Waals surface area contributed by atoms with Gasteiger partial charge in [0.2, 0.25) is 0 Å². The summed E-state index contributed by atoms with van der Waals surface area (Å²) in [5.74, 6) is 0. The van der Waals surface area contributed by atoms with Gasteiger partial charge in [0.25, 0.3) is 0 Å². The fourth-order valence-corrected chi connectivity index (χ4v) is 0.443. The number of terminal acetylenes is 1. The molecule has 0 spiro atoms. The average Bonchev–Trinajstić information content (AvgIpc) is 2.10. The second kappa shape index (κ2) is 11.3. The first kappa shape index (κ1) is 12.2. The Labute approximate surface area is 69.0 Å². The first-order valence-corrected chi connectivity index (χ1v) is 3.41. The second-order valence-corrected chi connectivity index (χ2v) is 1.67. The molecule has 0 bridgehead atoms. The van der Waals surface area contributed by atoms with Crippen molar-refractivity contribution in [1.29, 1.82) is 5.26 Å². The van der Waals surface area contributed by atoms with E-state index in [9.17, 15) is 0 Å². The predicted molar refractivity (Wildman–Crippen MR) is 48.7 cm³/mol. The smallest absolute Gasteiger partial charge is 0.0987 e. The second-order valence-electron chi connectivity index (χ2n) is 1.67. The molecule has 0 rings (SSSR count). The van der Waals surface area contributed by atoms with Gasteiger partial charge >= 0.3 is 0 Å². The fraction of sp³-hybridized carbons (Fsp3) is 0.300. The topological polar surface area (TPSA) is 23.8 Å². The van der Waals surface area contributed by atoms with Gasteiger partial charge in [-0.1, -0.05) is 19.1 Å². The van der Waals surface area contributed by atoms with E-state index in [1.165, 1.54) is 0 Å². The highest BCUT2D eigenvalue weighted by atomic mass is 14.2. The van der Waals surface area contributed by atoms with Gasteiger partial charge in [-0.05, 0) is 19.4 Å². The van der Waals surface area contributed by atoms with E-state index in [2.05, 4.69) is 18.9 Å². The lowest BCUT2D eigenvalue weighted by Gasteiger charge is -1.81. The van der Waals surface area contributed by atoms with E-state index in [0.29, 0.717) is 0 Å². The summed E-state index contributed by atoms with van der Waals surface area (Å²) in [5, 5.41) is 8.38. The van der Waals surface area contributed by atoms with Crippen LogP contribution in [0, 0.1) is 24.2 Å². The number of nitrogens with zero attached hydrogens (tertiary/aromatic N) is 1. The van der Waals surface area contributed by atoms with Crippen LogP contribution in [0.5, 0.6) is 0 Å². The summed E-state index contributed by atoms with van der Waals surface area (Å²) in [7, 11) is 0. The highest BCUT2D eigenvalue weighted by Gasteiger charge is 1.80. The van der Waals surface area contributed by atoms with Gasteiger partial charge in [0, 0.05) is 5.57 Å². The van der Waals surface area contributed by atoms with Crippen LogP contribution in [0.25, 0.3) is 0 Å². The Balaban J connectivity index is 0. The molecule has 0 N–H and O–H groups in total. The summed E-state index contributed by atoms with van der Waals surface area (Å²) in [4.78, 5) is 0. The molecule has 0 aromatic heterocycles. The maximum atomic E-state index is 8.38. The maximum absolute atomic E-state index is 8.38. The van der Waals surface area contributed by atoms with Gasteiger partial charge in [-0.15, -0.1) is 12.8 Å². The molecule has 0 aromatic carbocycles. The summed E-state index contributed by atoms with van der Waals surface area (Å²) in [5.41, 5.74) is 0.733. The highest BCUT2D eigenvalue weighted by molar-refractivity contribution is 5.31. The molecule has 1 nitrogen and oxygen atoms in total. The molecule has 0 aromatic rings. The zero-order valence-electron chi connectivity index (χ0n) is 7.04. The molecule has 0 unspecified atom stereocenters. The Morgan fingerprint density at radius 2 is 2.09 bits per heavy atom. The van der Waals surface area contributed by atoms with E-state index in [-0.39, 0.29) is 0 Å². The van der Waals surface area contributed by atoms with Crippen LogP contribution < -0.4 is 0 Å². The van der Waals surface area contributed by atoms with Crippen molar-refractivity contribution in [3.05, 3.63) is 23.8 Å². The molecule has 11 heavy (non-hydrogen) atoms. The third-order valence-corrected chi connectivity index (χ3v) is 0.973. The number of hydrogen-bond acceptors (Lipinski definition) is 1. The average molecular weight is 147 g/mol. The Morgan fingerprint density at radius 3 is 2.36 bits per heavy atom. The zero-order valence-corrected chi connectivity index (χ0v) is 7.04. The lowest BCUT2D eigenvalue weighted by atomic mass is 10.2. The molecule has 0 heterocycles. The zero-order chi connectivity index (χ0) is 9.11. The lowest BCUT2D eigenvalue weighted by molar-refractivity contribution is 1.22. The Bertz CT molecular complexity index is 189. The summed E-state index contributed by atoms with van der Waals surface area (Å²) < 4.78 is 0. The van der Waals surface area contributed by atoms with Crippen molar-refractivity contribution in [2.45, 2.75) is 20.3 Å². The molecule has 0 aliphatic carbocycles. The molecule has 0 saturated carbocycles. The van der Waals surface area contributed by atoms with Crippen LogP contribution in [-0.4, -0.2) is 0 Å². The first-order chi connectivity index (χ1) is 5.35. The van der Waals surface area contributed by atoms with E-state index in [1.807, 2.05) is 26.0 Å². The Kier molecular flexibility index (Phi) is 12.6. The van der Waals surface area contributed by atoms with Crippen molar-refractivity contribution < 1.29 is 0 Å². The summed E-state index contributed by atoms with van der Waals surface area (Å²) >= 11 is 0. The largest absolute Gasteiger partial charge is 0.192 e. The molecular formula is C10H13N. The fourth-order valence-electron chi connectivity index (χ4n) is 0.443. The minimum atomic E-state index is 0.733. The molecule has 0 radical (unpaired) electrons. The quantitative estimate of drug-likeness (QED) is 0.334. The molecule has 1 heteroatoms. The van der Waals surface area contributed by atoms with E-state index in [0.717, 1.165) is 12.0 Å². The molecule has 0 aliphatic rings. The van der Waals surface area contributed by atoms with Crippen LogP contribution >= 0.6 is 0 Å². The van der Waals surface area contributed by atoms with Gasteiger partial charge in [-0.2, -0.15) is 5.26 Å². The molecule has 0 saturated heterocycles. The van der Waals surface area contributed by atoms with Crippen LogP contribution in [0.15, 0.2) is 23.8 Å². The van der Waals surface area contributed by atoms with Crippen LogP contribution in [0.3, 0.4) is 0 Å². The van der Waals surface area contributed by atoms with Crippen LogP contribution in [0.2, 0.25) is 0 Å². The van der Waals surface area contributed by atoms with E-state index >= 15 is 0 Å². The van der Waals surface area contributed by atoms with Gasteiger partial charge < -0.3 is 0 Å². The number of hydrogen-bond donors (Lipinski definition) is 0. The van der Waals surface area contributed by atoms with Gasteiger partial charge in [0.1, 0.15) is 0 Å². The summed E-state index contributed by atoms with van der Waals surface area (Å²) in [6.45, 7) is 3.90. The van der Waals surface area contributed by atoms with Crippen molar-refractivity contribution in [2.24, 2.45) is 0 Å². The van der Waals surface area contributed by atoms with E-state index < -0.39 is 0 Å². The van der Waals surface area contributed by atoms with Crippen molar-refractivity contribution in [2.75, 3.05) is 0 Å².